The number of hydrogen-bond acceptors (Lipinski definition) is 10. The van der Waals surface area contributed by atoms with Gasteiger partial charge in [0, 0.05) is 6.07 Å². The number of carboxylic acid groups (broad SMARTS) is 1. The summed E-state index contributed by atoms with van der Waals surface area (Å²) in [6, 6.07) is 5.54. The van der Waals surface area contributed by atoms with Gasteiger partial charge in [0.1, 0.15) is 18.3 Å². The van der Waals surface area contributed by atoms with Crippen LogP contribution in [0.2, 0.25) is 5.15 Å². The first-order chi connectivity index (χ1) is 18.2. The lowest BCUT2D eigenvalue weighted by atomic mass is 10.3. The number of carbonyl (C=O) groups excluding carboxylic acids is 3. The summed E-state index contributed by atoms with van der Waals surface area (Å²) in [5, 5.41) is 11.5. The number of aryl methyl sites for hydroxylation is 2. The number of methoxy groups -OCH3 is 1. The third-order valence-corrected chi connectivity index (χ3v) is 5.41. The molecular weight excluding hydrogens is 551 g/mol. The van der Waals surface area contributed by atoms with Crippen LogP contribution in [-0.2, 0) is 34.0 Å². The number of nitrogens with zero attached hydrogens (tertiary/aromatic N) is 4. The fourth-order valence-electron chi connectivity index (χ4n) is 3.41. The van der Waals surface area contributed by atoms with Crippen molar-refractivity contribution in [1.29, 1.82) is 0 Å². The number of imidazole rings is 1. The van der Waals surface area contributed by atoms with Crippen LogP contribution in [0.15, 0.2) is 18.2 Å². The Balaban J connectivity index is 0.000000673. The Bertz CT molecular complexity index is 1380. The lowest BCUT2D eigenvalue weighted by molar-refractivity contribution is -0.676. The normalized spacial score (nSPS) is 10.9. The number of nitrogens with two attached hydrogens (primary N) is 2. The Kier molecular flexibility index (Phi) is 10.3. The summed E-state index contributed by atoms with van der Waals surface area (Å²) in [5.41, 5.74) is 13.1. The summed E-state index contributed by atoms with van der Waals surface area (Å²) in [6.07, 6.45) is -5.19. The SMILES string of the molecule is CCn1c(CNC(=O)c2nc(Cl)c(N)nc2N)[n+](CC)c2ccc(OCC(=O)OC)cc21.O=C([O-])C(F)(F)F. The number of carboxylic acids is 1. The highest BCUT2D eigenvalue weighted by molar-refractivity contribution is 6.31. The first-order valence-corrected chi connectivity index (χ1v) is 11.5. The van der Waals surface area contributed by atoms with Gasteiger partial charge in [-0.05, 0) is 26.0 Å². The molecule has 5 N–H and O–H groups in total. The second kappa shape index (κ2) is 12.9. The first kappa shape index (κ1) is 30.9. The van der Waals surface area contributed by atoms with E-state index in [2.05, 4.69) is 29.2 Å². The van der Waals surface area contributed by atoms with Crippen LogP contribution in [0.1, 0.15) is 30.2 Å². The van der Waals surface area contributed by atoms with Crippen molar-refractivity contribution in [2.75, 3.05) is 25.2 Å². The number of aromatic nitrogens is 4. The van der Waals surface area contributed by atoms with Gasteiger partial charge < -0.3 is 36.2 Å². The molecule has 1 amide bonds. The number of alkyl halides is 3. The summed E-state index contributed by atoms with van der Waals surface area (Å²) >= 11 is 5.88. The predicted molar refractivity (Wildman–Crippen MR) is 129 cm³/mol. The summed E-state index contributed by atoms with van der Waals surface area (Å²) < 4.78 is 45.8. The molecule has 0 aliphatic heterocycles. The molecule has 2 heterocycles. The molecule has 0 spiro atoms. The molecule has 0 fully saturated rings. The molecule has 17 heteroatoms. The minimum Gasteiger partial charge on any atom is -0.542 e. The molecule has 0 saturated heterocycles. The van der Waals surface area contributed by atoms with Crippen LogP contribution in [0.25, 0.3) is 11.0 Å². The average molecular weight is 576 g/mol. The maximum Gasteiger partial charge on any atom is 0.430 e. The van der Waals surface area contributed by atoms with Crippen molar-refractivity contribution in [1.82, 2.24) is 19.9 Å². The highest BCUT2D eigenvalue weighted by Gasteiger charge is 2.29. The van der Waals surface area contributed by atoms with E-state index in [4.69, 9.17) is 37.7 Å². The van der Waals surface area contributed by atoms with Gasteiger partial charge in [0.15, 0.2) is 40.1 Å². The Morgan fingerprint density at radius 3 is 2.36 bits per heavy atom. The smallest absolute Gasteiger partial charge is 0.430 e. The molecule has 2 aromatic heterocycles. The lowest BCUT2D eigenvalue weighted by Crippen LogP contribution is -2.40. The van der Waals surface area contributed by atoms with Crippen LogP contribution in [0.5, 0.6) is 5.75 Å². The Hall–Kier alpha value is -4.34. The summed E-state index contributed by atoms with van der Waals surface area (Å²) in [6.45, 7) is 5.35. The monoisotopic (exact) mass is 575 g/mol. The van der Waals surface area contributed by atoms with Gasteiger partial charge in [0.2, 0.25) is 0 Å². The van der Waals surface area contributed by atoms with Gasteiger partial charge in [0.25, 0.3) is 11.7 Å². The van der Waals surface area contributed by atoms with E-state index in [9.17, 15) is 22.8 Å². The standard InChI is InChI=1S/C20H24ClN7O4.C2HF3O2/c1-4-27-12-7-6-11(32-10-15(29)31-3)8-13(12)28(5-2)14(27)9-24-20(30)16-18(22)26-19(23)17(21)25-16;3-2(4,5)1(6)7/h6-8H,4-5,9-10H2,1-3H3,(H4-,22,23,24,26,30);(H,6,7). The lowest BCUT2D eigenvalue weighted by Gasteiger charge is -2.08. The van der Waals surface area contributed by atoms with E-state index in [1.54, 1.807) is 6.07 Å². The number of nitrogen functional groups attached to an aromatic ring is 2. The van der Waals surface area contributed by atoms with Crippen LogP contribution in [-0.4, -0.2) is 52.3 Å². The number of hydrogen-bond donors (Lipinski definition) is 3. The van der Waals surface area contributed by atoms with Crippen molar-refractivity contribution in [3.05, 3.63) is 34.9 Å². The number of anilines is 2. The topological polar surface area (TPSA) is 191 Å². The molecule has 0 aliphatic carbocycles. The Morgan fingerprint density at radius 1 is 1.18 bits per heavy atom. The van der Waals surface area contributed by atoms with E-state index in [0.29, 0.717) is 18.8 Å². The van der Waals surface area contributed by atoms with Crippen LogP contribution < -0.4 is 31.2 Å². The van der Waals surface area contributed by atoms with Crippen LogP contribution >= 0.6 is 11.6 Å². The molecule has 1 aromatic carbocycles. The van der Waals surface area contributed by atoms with Gasteiger partial charge in [-0.3, -0.25) is 4.79 Å². The average Bonchev–Trinajstić information content (AvgIpc) is 3.19. The Morgan fingerprint density at radius 2 is 1.82 bits per heavy atom. The number of carbonyl (C=O) groups is 3. The number of esters is 1. The molecule has 0 radical (unpaired) electrons. The zero-order valence-corrected chi connectivity index (χ0v) is 21.7. The second-order valence-corrected chi connectivity index (χ2v) is 7.88. The van der Waals surface area contributed by atoms with Gasteiger partial charge in [-0.15, -0.1) is 0 Å². The number of fused-ring (bicyclic) bond motifs is 1. The molecule has 212 valence electrons. The third-order valence-electron chi connectivity index (χ3n) is 5.13. The minimum absolute atomic E-state index is 0.0409. The molecule has 3 rings (SSSR count). The number of halogens is 4. The first-order valence-electron chi connectivity index (χ1n) is 11.1. The number of rotatable bonds is 8. The summed E-state index contributed by atoms with van der Waals surface area (Å²) in [5.74, 6) is -2.74. The maximum atomic E-state index is 12.7. The van der Waals surface area contributed by atoms with Gasteiger partial charge in [-0.2, -0.15) is 13.2 Å². The molecule has 0 aliphatic rings. The van der Waals surface area contributed by atoms with Crippen molar-refractivity contribution < 1.29 is 46.7 Å². The van der Waals surface area contributed by atoms with E-state index in [1.165, 1.54) is 7.11 Å². The van der Waals surface area contributed by atoms with Gasteiger partial charge in [-0.25, -0.2) is 23.9 Å². The van der Waals surface area contributed by atoms with E-state index < -0.39 is 24.0 Å². The van der Waals surface area contributed by atoms with Gasteiger partial charge in [-0.1, -0.05) is 11.6 Å². The fraction of sp³-hybridized carbons (Fsp3) is 0.364. The van der Waals surface area contributed by atoms with Gasteiger partial charge in [0.05, 0.1) is 20.2 Å². The highest BCUT2D eigenvalue weighted by atomic mass is 35.5. The van der Waals surface area contributed by atoms with Crippen LogP contribution in [0.3, 0.4) is 0 Å². The van der Waals surface area contributed by atoms with Crippen molar-refractivity contribution in [3.8, 4) is 5.75 Å². The molecule has 0 atom stereocenters. The largest absolute Gasteiger partial charge is 0.542 e. The quantitative estimate of drug-likeness (QED) is 0.249. The molecule has 0 bridgehead atoms. The minimum atomic E-state index is -5.19. The molecular formula is C22H25ClF3N7O6. The molecule has 0 unspecified atom stereocenters. The highest BCUT2D eigenvalue weighted by Crippen LogP contribution is 2.22. The van der Waals surface area contributed by atoms with Crippen LogP contribution in [0.4, 0.5) is 24.8 Å². The summed E-state index contributed by atoms with van der Waals surface area (Å²) in [7, 11) is 1.30. The number of benzene rings is 1. The van der Waals surface area contributed by atoms with Crippen molar-refractivity contribution >= 4 is 52.1 Å². The van der Waals surface area contributed by atoms with E-state index in [0.717, 1.165) is 16.9 Å². The van der Waals surface area contributed by atoms with Crippen molar-refractivity contribution in [3.63, 3.8) is 0 Å². The van der Waals surface area contributed by atoms with Crippen molar-refractivity contribution in [2.24, 2.45) is 0 Å². The number of amides is 1. The van der Waals surface area contributed by atoms with Gasteiger partial charge >= 0.3 is 12.1 Å². The molecule has 13 nitrogen and oxygen atoms in total. The van der Waals surface area contributed by atoms with E-state index >= 15 is 0 Å². The third kappa shape index (κ3) is 7.59. The Labute approximate surface area is 224 Å². The zero-order valence-electron chi connectivity index (χ0n) is 21.0. The van der Waals surface area contributed by atoms with E-state index in [1.807, 2.05) is 26.0 Å². The van der Waals surface area contributed by atoms with Crippen LogP contribution in [0, 0.1) is 0 Å². The number of nitrogens with one attached hydrogen (secondary N) is 1. The fourth-order valence-corrected chi connectivity index (χ4v) is 3.54. The molecule has 3 aromatic rings. The second-order valence-electron chi connectivity index (χ2n) is 7.52. The van der Waals surface area contributed by atoms with Crippen molar-refractivity contribution in [2.45, 2.75) is 39.7 Å². The molecule has 39 heavy (non-hydrogen) atoms. The predicted octanol–water partition coefficient (Wildman–Crippen LogP) is 0.357. The maximum absolute atomic E-state index is 12.7. The van der Waals surface area contributed by atoms with E-state index in [-0.39, 0.29) is 35.6 Å². The molecule has 0 saturated carbocycles. The zero-order chi connectivity index (χ0) is 29.5. The number of aliphatic carboxylic acids is 1. The summed E-state index contributed by atoms with van der Waals surface area (Å²) in [4.78, 5) is 40.6. The number of ether oxygens (including phenoxy) is 2.